The van der Waals surface area contributed by atoms with Crippen LogP contribution in [0, 0.1) is 13.8 Å². The van der Waals surface area contributed by atoms with Gasteiger partial charge in [0.15, 0.2) is 0 Å². The van der Waals surface area contributed by atoms with Gasteiger partial charge in [-0.2, -0.15) is 0 Å². The Morgan fingerprint density at radius 2 is 1.85 bits per heavy atom. The van der Waals surface area contributed by atoms with Gasteiger partial charge in [-0.15, -0.1) is 0 Å². The van der Waals surface area contributed by atoms with Gasteiger partial charge < -0.3 is 14.4 Å². The Hall–Kier alpha value is -2.33. The average Bonchev–Trinajstić information content (AvgIpc) is 2.87. The number of hydrogen-bond donors (Lipinski definition) is 1. The average molecular weight is 354 g/mol. The normalized spacial score (nSPS) is 14.8. The highest BCUT2D eigenvalue weighted by atomic mass is 16.5. The minimum Gasteiger partial charge on any atom is -0.491 e. The number of aromatic nitrogens is 2. The Morgan fingerprint density at radius 1 is 1.12 bits per heavy atom. The molecule has 0 fully saturated rings. The molecule has 1 N–H and O–H groups in total. The summed E-state index contributed by atoms with van der Waals surface area (Å²) in [6.07, 6.45) is 10.2. The van der Waals surface area contributed by atoms with Gasteiger partial charge >= 0.3 is 0 Å². The molecule has 2 aromatic rings. The van der Waals surface area contributed by atoms with E-state index in [1.54, 1.807) is 6.33 Å². The fourth-order valence-electron chi connectivity index (χ4n) is 2.75. The molecule has 1 aliphatic carbocycles. The molecular formula is C22H30N2O2. The summed E-state index contributed by atoms with van der Waals surface area (Å²) in [6, 6.07) is 4.21. The van der Waals surface area contributed by atoms with Crippen molar-refractivity contribution in [2.24, 2.45) is 0 Å². The fourth-order valence-corrected chi connectivity index (χ4v) is 2.75. The minimum absolute atomic E-state index is 0.264. The van der Waals surface area contributed by atoms with Gasteiger partial charge in [0.25, 0.3) is 0 Å². The maximum Gasteiger partial charge on any atom is 0.116 e. The van der Waals surface area contributed by atoms with Gasteiger partial charge in [0.1, 0.15) is 18.5 Å². The monoisotopic (exact) mass is 354 g/mol. The van der Waals surface area contributed by atoms with Gasteiger partial charge in [-0.3, -0.25) is 0 Å². The maximum absolute atomic E-state index is 10.3. The van der Waals surface area contributed by atoms with Gasteiger partial charge in [-0.1, -0.05) is 31.6 Å². The van der Waals surface area contributed by atoms with Gasteiger partial charge in [-0.25, -0.2) is 4.98 Å². The second-order valence-electron chi connectivity index (χ2n) is 6.41. The van der Waals surface area contributed by atoms with Crippen LogP contribution in [0.4, 0.5) is 0 Å². The Bertz CT molecular complexity index is 828. The molecule has 0 spiro atoms. The van der Waals surface area contributed by atoms with Gasteiger partial charge in [0.05, 0.1) is 23.9 Å². The summed E-state index contributed by atoms with van der Waals surface area (Å²) < 4.78 is 7.72. The van der Waals surface area contributed by atoms with E-state index in [0.29, 0.717) is 6.54 Å². The number of fused-ring (bicyclic) bond motifs is 1. The number of aliphatic hydroxyl groups excluding tert-OH is 1. The number of allylic oxidation sites excluding steroid dienone is 5. The summed E-state index contributed by atoms with van der Waals surface area (Å²) in [5.41, 5.74) is 5.69. The molecule has 1 atom stereocenters. The number of aliphatic hydroxyl groups is 1. The molecule has 1 aromatic heterocycles. The molecule has 3 rings (SSSR count). The number of aryl methyl sites for hydroxylation is 2. The van der Waals surface area contributed by atoms with Crippen LogP contribution in [0.25, 0.3) is 11.0 Å². The summed E-state index contributed by atoms with van der Waals surface area (Å²) in [4.78, 5) is 4.43. The zero-order valence-electron chi connectivity index (χ0n) is 16.5. The van der Waals surface area contributed by atoms with Crippen LogP contribution in [-0.4, -0.2) is 27.4 Å². The first-order valence-corrected chi connectivity index (χ1v) is 9.31. The summed E-state index contributed by atoms with van der Waals surface area (Å²) in [6.45, 7) is 11.0. The third kappa shape index (κ3) is 5.09. The van der Waals surface area contributed by atoms with Crippen molar-refractivity contribution in [3.05, 3.63) is 65.2 Å². The summed E-state index contributed by atoms with van der Waals surface area (Å²) >= 11 is 0. The molecule has 0 amide bonds. The van der Waals surface area contributed by atoms with Crippen LogP contribution in [-0.2, 0) is 11.3 Å². The first kappa shape index (κ1) is 20.0. The van der Waals surface area contributed by atoms with Crippen molar-refractivity contribution in [3.8, 4) is 0 Å². The number of nitrogens with zero attached hydrogens (tertiary/aromatic N) is 2. The number of hydrogen-bond acceptors (Lipinski definition) is 3. The molecule has 140 valence electrons. The van der Waals surface area contributed by atoms with E-state index >= 15 is 0 Å². The van der Waals surface area contributed by atoms with E-state index in [1.807, 2.05) is 36.6 Å². The van der Waals surface area contributed by atoms with Crippen LogP contribution in [0.2, 0.25) is 0 Å². The highest BCUT2D eigenvalue weighted by Crippen LogP contribution is 2.19. The SMILES string of the molecule is CC.CC1=CCC=C(OCC(O)Cn2cnc3cc(C)c(C)cc32)C=C1. The molecule has 0 bridgehead atoms. The Kier molecular flexibility index (Phi) is 7.22. The van der Waals surface area contributed by atoms with E-state index in [0.717, 1.165) is 23.2 Å². The van der Waals surface area contributed by atoms with E-state index in [1.165, 1.54) is 16.7 Å². The fraction of sp³-hybridized carbons (Fsp3) is 0.409. The predicted octanol–water partition coefficient (Wildman–Crippen LogP) is 4.85. The summed E-state index contributed by atoms with van der Waals surface area (Å²) in [7, 11) is 0. The smallest absolute Gasteiger partial charge is 0.116 e. The molecule has 1 heterocycles. The maximum atomic E-state index is 10.3. The number of imidazole rings is 1. The second-order valence-corrected chi connectivity index (χ2v) is 6.41. The number of ether oxygens (including phenoxy) is 1. The third-order valence-electron chi connectivity index (χ3n) is 4.36. The molecule has 0 saturated heterocycles. The van der Waals surface area contributed by atoms with Crippen LogP contribution in [0.1, 0.15) is 38.3 Å². The Balaban J connectivity index is 0.00000117. The molecule has 0 saturated carbocycles. The minimum atomic E-state index is -0.587. The molecule has 4 heteroatoms. The second kappa shape index (κ2) is 9.39. The van der Waals surface area contributed by atoms with E-state index in [9.17, 15) is 5.11 Å². The zero-order chi connectivity index (χ0) is 19.1. The summed E-state index contributed by atoms with van der Waals surface area (Å²) in [5.74, 6) is 0.809. The third-order valence-corrected chi connectivity index (χ3v) is 4.36. The molecule has 1 aliphatic rings. The lowest BCUT2D eigenvalue weighted by molar-refractivity contribution is 0.0642. The topological polar surface area (TPSA) is 47.3 Å². The van der Waals surface area contributed by atoms with Crippen molar-refractivity contribution < 1.29 is 9.84 Å². The molecule has 26 heavy (non-hydrogen) atoms. The highest BCUT2D eigenvalue weighted by molar-refractivity contribution is 5.77. The standard InChI is InChI=1S/C20H24N2O2.C2H6/c1-14-5-4-6-18(8-7-14)24-12-17(23)11-22-13-21-19-9-15(2)16(3)10-20(19)22;1-2/h5-10,13,17,23H,4,11-12H2,1-3H3;1-2H3. The lowest BCUT2D eigenvalue weighted by atomic mass is 10.1. The quantitative estimate of drug-likeness (QED) is 0.835. The van der Waals surface area contributed by atoms with Gasteiger partial charge in [-0.05, 0) is 62.6 Å². The van der Waals surface area contributed by atoms with Crippen molar-refractivity contribution >= 4 is 11.0 Å². The molecule has 4 nitrogen and oxygen atoms in total. The lowest BCUT2D eigenvalue weighted by Crippen LogP contribution is -2.21. The van der Waals surface area contributed by atoms with Crippen molar-refractivity contribution in [1.82, 2.24) is 9.55 Å². The lowest BCUT2D eigenvalue weighted by Gasteiger charge is -2.14. The zero-order valence-corrected chi connectivity index (χ0v) is 16.5. The van der Waals surface area contributed by atoms with Crippen molar-refractivity contribution in [2.45, 2.75) is 53.7 Å². The first-order valence-electron chi connectivity index (χ1n) is 9.31. The molecule has 0 radical (unpaired) electrons. The van der Waals surface area contributed by atoms with Crippen LogP contribution in [0.5, 0.6) is 0 Å². The first-order chi connectivity index (χ1) is 12.5. The molecule has 0 aliphatic heterocycles. The van der Waals surface area contributed by atoms with E-state index in [-0.39, 0.29) is 6.61 Å². The predicted molar refractivity (Wildman–Crippen MR) is 108 cm³/mol. The molecular weight excluding hydrogens is 324 g/mol. The molecule has 1 aromatic carbocycles. The van der Waals surface area contributed by atoms with Gasteiger partial charge in [0.2, 0.25) is 0 Å². The Morgan fingerprint density at radius 3 is 2.62 bits per heavy atom. The largest absolute Gasteiger partial charge is 0.491 e. The van der Waals surface area contributed by atoms with Crippen molar-refractivity contribution in [1.29, 1.82) is 0 Å². The van der Waals surface area contributed by atoms with Crippen LogP contribution in [0.15, 0.2) is 54.1 Å². The van der Waals surface area contributed by atoms with E-state index < -0.39 is 6.10 Å². The molecule has 1 unspecified atom stereocenters. The van der Waals surface area contributed by atoms with Crippen molar-refractivity contribution in [2.75, 3.05) is 6.61 Å². The van der Waals surface area contributed by atoms with Crippen LogP contribution in [0.3, 0.4) is 0 Å². The number of benzene rings is 1. The van der Waals surface area contributed by atoms with Crippen LogP contribution >= 0.6 is 0 Å². The van der Waals surface area contributed by atoms with Crippen molar-refractivity contribution in [3.63, 3.8) is 0 Å². The van der Waals surface area contributed by atoms with E-state index in [2.05, 4.69) is 44.0 Å². The summed E-state index contributed by atoms with van der Waals surface area (Å²) in [5, 5.41) is 10.3. The Labute approximate surface area is 156 Å². The van der Waals surface area contributed by atoms with E-state index in [4.69, 9.17) is 4.74 Å². The van der Waals surface area contributed by atoms with Gasteiger partial charge in [0, 0.05) is 0 Å². The highest BCUT2D eigenvalue weighted by Gasteiger charge is 2.11. The van der Waals surface area contributed by atoms with Crippen LogP contribution < -0.4 is 0 Å². The number of rotatable bonds is 5.